The molecule has 1 heteroatoms. The fourth-order valence-corrected chi connectivity index (χ4v) is 2.62. The SMILES string of the molecule is CCC1CCNC(C(CC)CC)C1. The Morgan fingerprint density at radius 2 is 1.92 bits per heavy atom. The van der Waals surface area contributed by atoms with Gasteiger partial charge in [0.1, 0.15) is 0 Å². The van der Waals surface area contributed by atoms with E-state index in [1.54, 1.807) is 0 Å². The molecular formula is C12H25N. The monoisotopic (exact) mass is 183 g/mol. The predicted octanol–water partition coefficient (Wildman–Crippen LogP) is 3.20. The Labute approximate surface area is 83.3 Å². The van der Waals surface area contributed by atoms with Crippen molar-refractivity contribution in [1.82, 2.24) is 5.32 Å². The smallest absolute Gasteiger partial charge is 0.00977 e. The molecule has 1 N–H and O–H groups in total. The highest BCUT2D eigenvalue weighted by Gasteiger charge is 2.24. The number of hydrogen-bond donors (Lipinski definition) is 1. The van der Waals surface area contributed by atoms with Gasteiger partial charge in [-0.25, -0.2) is 0 Å². The van der Waals surface area contributed by atoms with E-state index < -0.39 is 0 Å². The lowest BCUT2D eigenvalue weighted by Gasteiger charge is -2.34. The third-order valence-electron chi connectivity index (χ3n) is 3.74. The summed E-state index contributed by atoms with van der Waals surface area (Å²) in [5.41, 5.74) is 0. The van der Waals surface area contributed by atoms with Crippen molar-refractivity contribution in [2.24, 2.45) is 11.8 Å². The van der Waals surface area contributed by atoms with E-state index in [-0.39, 0.29) is 0 Å². The Morgan fingerprint density at radius 1 is 1.23 bits per heavy atom. The summed E-state index contributed by atoms with van der Waals surface area (Å²) < 4.78 is 0. The Morgan fingerprint density at radius 3 is 2.46 bits per heavy atom. The zero-order chi connectivity index (χ0) is 9.68. The second-order valence-corrected chi connectivity index (χ2v) is 4.44. The van der Waals surface area contributed by atoms with Gasteiger partial charge in [-0.15, -0.1) is 0 Å². The van der Waals surface area contributed by atoms with Crippen LogP contribution in [0.1, 0.15) is 52.9 Å². The lowest BCUT2D eigenvalue weighted by Crippen LogP contribution is -2.42. The van der Waals surface area contributed by atoms with E-state index in [4.69, 9.17) is 0 Å². The third-order valence-corrected chi connectivity index (χ3v) is 3.74. The zero-order valence-corrected chi connectivity index (χ0v) is 9.47. The van der Waals surface area contributed by atoms with Crippen LogP contribution in [0.4, 0.5) is 0 Å². The molecule has 0 aromatic carbocycles. The highest BCUT2D eigenvalue weighted by Crippen LogP contribution is 2.26. The van der Waals surface area contributed by atoms with Crippen molar-refractivity contribution >= 4 is 0 Å². The van der Waals surface area contributed by atoms with Gasteiger partial charge < -0.3 is 5.32 Å². The molecule has 1 aliphatic heterocycles. The van der Waals surface area contributed by atoms with Crippen molar-refractivity contribution in [3.63, 3.8) is 0 Å². The van der Waals surface area contributed by atoms with Crippen LogP contribution in [0.5, 0.6) is 0 Å². The Hall–Kier alpha value is -0.0400. The predicted molar refractivity (Wildman–Crippen MR) is 58.9 cm³/mol. The van der Waals surface area contributed by atoms with E-state index in [0.717, 1.165) is 17.9 Å². The molecule has 78 valence electrons. The molecule has 0 aromatic heterocycles. The Balaban J connectivity index is 2.40. The standard InChI is InChI=1S/C12H25N/c1-4-10-7-8-13-12(9-10)11(5-2)6-3/h10-13H,4-9H2,1-3H3. The van der Waals surface area contributed by atoms with Crippen molar-refractivity contribution in [2.45, 2.75) is 58.9 Å². The van der Waals surface area contributed by atoms with E-state index in [9.17, 15) is 0 Å². The molecule has 2 unspecified atom stereocenters. The number of hydrogen-bond acceptors (Lipinski definition) is 1. The van der Waals surface area contributed by atoms with E-state index in [2.05, 4.69) is 26.1 Å². The zero-order valence-electron chi connectivity index (χ0n) is 9.47. The minimum Gasteiger partial charge on any atom is -0.314 e. The molecule has 0 spiro atoms. The molecule has 0 amide bonds. The molecule has 1 heterocycles. The maximum atomic E-state index is 3.69. The summed E-state index contributed by atoms with van der Waals surface area (Å²) in [4.78, 5) is 0. The summed E-state index contributed by atoms with van der Waals surface area (Å²) in [5.74, 6) is 1.90. The van der Waals surface area contributed by atoms with Crippen LogP contribution in [-0.2, 0) is 0 Å². The van der Waals surface area contributed by atoms with E-state index in [0.29, 0.717) is 0 Å². The number of rotatable bonds is 4. The maximum absolute atomic E-state index is 3.69. The quantitative estimate of drug-likeness (QED) is 0.706. The first-order chi connectivity index (χ1) is 6.31. The Kier molecular flexibility index (Phi) is 4.79. The molecular weight excluding hydrogens is 158 g/mol. The first-order valence-electron chi connectivity index (χ1n) is 6.05. The lowest BCUT2D eigenvalue weighted by molar-refractivity contribution is 0.223. The van der Waals surface area contributed by atoms with Gasteiger partial charge in [0.25, 0.3) is 0 Å². The van der Waals surface area contributed by atoms with Gasteiger partial charge in [-0.3, -0.25) is 0 Å². The second-order valence-electron chi connectivity index (χ2n) is 4.44. The summed E-state index contributed by atoms with van der Waals surface area (Å²) >= 11 is 0. The fourth-order valence-electron chi connectivity index (χ4n) is 2.62. The van der Waals surface area contributed by atoms with Crippen LogP contribution < -0.4 is 5.32 Å². The molecule has 1 saturated heterocycles. The minimum atomic E-state index is 0.814. The molecule has 0 aromatic rings. The highest BCUT2D eigenvalue weighted by molar-refractivity contribution is 4.82. The van der Waals surface area contributed by atoms with Crippen LogP contribution in [-0.4, -0.2) is 12.6 Å². The largest absolute Gasteiger partial charge is 0.314 e. The van der Waals surface area contributed by atoms with Crippen LogP contribution in [0.2, 0.25) is 0 Å². The first-order valence-corrected chi connectivity index (χ1v) is 6.05. The van der Waals surface area contributed by atoms with E-state index >= 15 is 0 Å². The average molecular weight is 183 g/mol. The summed E-state index contributed by atoms with van der Waals surface area (Å²) in [5, 5.41) is 3.69. The molecule has 0 aliphatic carbocycles. The fraction of sp³-hybridized carbons (Fsp3) is 1.00. The Bertz CT molecular complexity index is 129. The molecule has 0 saturated carbocycles. The van der Waals surface area contributed by atoms with Crippen molar-refractivity contribution < 1.29 is 0 Å². The van der Waals surface area contributed by atoms with E-state index in [1.807, 2.05) is 0 Å². The summed E-state index contributed by atoms with van der Waals surface area (Å²) in [6, 6.07) is 0.814. The summed E-state index contributed by atoms with van der Waals surface area (Å²) in [6.45, 7) is 8.23. The van der Waals surface area contributed by atoms with Crippen LogP contribution in [0, 0.1) is 11.8 Å². The second kappa shape index (κ2) is 5.64. The van der Waals surface area contributed by atoms with Gasteiger partial charge in [-0.1, -0.05) is 40.0 Å². The number of piperidine rings is 1. The van der Waals surface area contributed by atoms with Crippen LogP contribution >= 0.6 is 0 Å². The minimum absolute atomic E-state index is 0.814. The van der Waals surface area contributed by atoms with Crippen molar-refractivity contribution in [2.75, 3.05) is 6.54 Å². The molecule has 0 radical (unpaired) electrons. The lowest BCUT2D eigenvalue weighted by atomic mass is 9.82. The molecule has 1 nitrogen and oxygen atoms in total. The van der Waals surface area contributed by atoms with Crippen LogP contribution in [0.3, 0.4) is 0 Å². The topological polar surface area (TPSA) is 12.0 Å². The molecule has 2 atom stereocenters. The van der Waals surface area contributed by atoms with Gasteiger partial charge in [0.15, 0.2) is 0 Å². The highest BCUT2D eigenvalue weighted by atomic mass is 14.9. The molecule has 13 heavy (non-hydrogen) atoms. The van der Waals surface area contributed by atoms with Crippen molar-refractivity contribution in [1.29, 1.82) is 0 Å². The average Bonchev–Trinajstić information content (AvgIpc) is 2.20. The first kappa shape index (κ1) is 11.0. The maximum Gasteiger partial charge on any atom is 0.00977 e. The van der Waals surface area contributed by atoms with Gasteiger partial charge >= 0.3 is 0 Å². The normalized spacial score (nSPS) is 29.5. The number of nitrogens with one attached hydrogen (secondary N) is 1. The van der Waals surface area contributed by atoms with Gasteiger partial charge in [-0.05, 0) is 31.2 Å². The van der Waals surface area contributed by atoms with Crippen molar-refractivity contribution in [3.05, 3.63) is 0 Å². The molecule has 1 fully saturated rings. The molecule has 1 aliphatic rings. The molecule has 1 rings (SSSR count). The summed E-state index contributed by atoms with van der Waals surface area (Å²) in [6.07, 6.45) is 6.86. The summed E-state index contributed by atoms with van der Waals surface area (Å²) in [7, 11) is 0. The van der Waals surface area contributed by atoms with Crippen molar-refractivity contribution in [3.8, 4) is 0 Å². The van der Waals surface area contributed by atoms with Gasteiger partial charge in [0.05, 0.1) is 0 Å². The van der Waals surface area contributed by atoms with Crippen LogP contribution in [0.25, 0.3) is 0 Å². The van der Waals surface area contributed by atoms with Gasteiger partial charge in [-0.2, -0.15) is 0 Å². The van der Waals surface area contributed by atoms with E-state index in [1.165, 1.54) is 38.6 Å². The van der Waals surface area contributed by atoms with Crippen LogP contribution in [0.15, 0.2) is 0 Å². The molecule has 0 bridgehead atoms. The third kappa shape index (κ3) is 2.98. The van der Waals surface area contributed by atoms with Gasteiger partial charge in [0.2, 0.25) is 0 Å². The van der Waals surface area contributed by atoms with Gasteiger partial charge in [0, 0.05) is 6.04 Å².